The zero-order valence-electron chi connectivity index (χ0n) is 23.8. The quantitative estimate of drug-likeness (QED) is 0.377. The Morgan fingerprint density at radius 3 is 2.66 bits per heavy atom. The Hall–Kier alpha value is -3.45. The maximum Gasteiger partial charge on any atom is 0.238 e. The fraction of sp³-hybridized carbons (Fsp3) is 0.552. The topological polar surface area (TPSA) is 115 Å². The van der Waals surface area contributed by atoms with E-state index in [9.17, 15) is 4.79 Å². The number of amides is 1. The summed E-state index contributed by atoms with van der Waals surface area (Å²) in [5.41, 5.74) is 4.08. The molecule has 41 heavy (non-hydrogen) atoms. The number of hydrogen-bond donors (Lipinski definition) is 1. The van der Waals surface area contributed by atoms with Crippen molar-refractivity contribution in [1.82, 2.24) is 44.2 Å². The average molecular weight is 560 g/mol. The number of piperazine rings is 1. The van der Waals surface area contributed by atoms with E-state index in [0.29, 0.717) is 44.8 Å². The van der Waals surface area contributed by atoms with E-state index in [1.807, 2.05) is 45.3 Å². The molecule has 12 nitrogen and oxygen atoms in total. The smallest absolute Gasteiger partial charge is 0.238 e. The first-order valence-electron chi connectivity index (χ1n) is 14.7. The van der Waals surface area contributed by atoms with Crippen LogP contribution in [0.3, 0.4) is 0 Å². The standard InChI is InChI=1S/C29H37N9O3/c1-3-23-31-20-6-4-5-7-21(20)38(23)29-33-26(22-16-30-10-15-41-22)27-28(34-29)35(2)24(32-27)17-37-12-11-36(18-25(37)39)19-8-13-40-14-9-19/h4-7,19,22,30H,3,8-18H2,1-2H3. The third kappa shape index (κ3) is 4.88. The van der Waals surface area contributed by atoms with Crippen LogP contribution in [0.15, 0.2) is 24.3 Å². The molecule has 1 atom stereocenters. The summed E-state index contributed by atoms with van der Waals surface area (Å²) < 4.78 is 15.7. The number of aryl methyl sites for hydroxylation is 2. The van der Waals surface area contributed by atoms with Gasteiger partial charge in [0.15, 0.2) is 5.65 Å². The number of nitrogens with one attached hydrogen (secondary N) is 1. The minimum atomic E-state index is -0.250. The van der Waals surface area contributed by atoms with Crippen LogP contribution in [0.1, 0.15) is 43.2 Å². The maximum atomic E-state index is 13.2. The molecule has 3 aliphatic rings. The van der Waals surface area contributed by atoms with Crippen LogP contribution in [0, 0.1) is 0 Å². The van der Waals surface area contributed by atoms with E-state index < -0.39 is 0 Å². The molecule has 0 spiro atoms. The highest BCUT2D eigenvalue weighted by Crippen LogP contribution is 2.29. The second-order valence-corrected chi connectivity index (χ2v) is 11.1. The summed E-state index contributed by atoms with van der Waals surface area (Å²) in [7, 11) is 1.97. The summed E-state index contributed by atoms with van der Waals surface area (Å²) in [6, 6.07) is 8.49. The molecule has 0 saturated carbocycles. The van der Waals surface area contributed by atoms with Crippen molar-refractivity contribution in [2.24, 2.45) is 7.05 Å². The molecule has 3 saturated heterocycles. The summed E-state index contributed by atoms with van der Waals surface area (Å²) >= 11 is 0. The molecule has 1 unspecified atom stereocenters. The fourth-order valence-electron chi connectivity index (χ4n) is 6.29. The van der Waals surface area contributed by atoms with Crippen molar-refractivity contribution < 1.29 is 14.3 Å². The highest BCUT2D eigenvalue weighted by atomic mass is 16.5. The SMILES string of the molecule is CCc1nc2ccccc2n1-c1nc(C2CNCCO2)c2nc(CN3CCN(C4CCOCC4)CC3=O)n(C)c2n1. The van der Waals surface area contributed by atoms with E-state index in [0.717, 1.165) is 85.1 Å². The summed E-state index contributed by atoms with van der Waals surface area (Å²) in [6.45, 7) is 8.12. The zero-order chi connectivity index (χ0) is 27.9. The van der Waals surface area contributed by atoms with Gasteiger partial charge in [-0.25, -0.2) is 15.0 Å². The predicted octanol–water partition coefficient (Wildman–Crippen LogP) is 1.75. The van der Waals surface area contributed by atoms with Gasteiger partial charge in [0, 0.05) is 58.9 Å². The Labute approximate surface area is 238 Å². The van der Waals surface area contributed by atoms with Crippen LogP contribution in [0.25, 0.3) is 28.1 Å². The summed E-state index contributed by atoms with van der Waals surface area (Å²) in [5, 5.41) is 3.42. The largest absolute Gasteiger partial charge is 0.381 e. The Morgan fingerprint density at radius 2 is 1.88 bits per heavy atom. The zero-order valence-corrected chi connectivity index (χ0v) is 23.8. The minimum absolute atomic E-state index is 0.138. The van der Waals surface area contributed by atoms with Crippen molar-refractivity contribution in [2.75, 3.05) is 52.5 Å². The molecule has 3 aromatic heterocycles. The number of benzene rings is 1. The van der Waals surface area contributed by atoms with Gasteiger partial charge in [-0.2, -0.15) is 4.98 Å². The van der Waals surface area contributed by atoms with Crippen LogP contribution in [0.5, 0.6) is 0 Å². The molecule has 0 aliphatic carbocycles. The van der Waals surface area contributed by atoms with Gasteiger partial charge < -0.3 is 24.3 Å². The summed E-state index contributed by atoms with van der Waals surface area (Å²) in [5.74, 6) is 2.38. The first-order chi connectivity index (χ1) is 20.1. The van der Waals surface area contributed by atoms with Gasteiger partial charge >= 0.3 is 0 Å². The van der Waals surface area contributed by atoms with Crippen LogP contribution in [0.2, 0.25) is 0 Å². The van der Waals surface area contributed by atoms with Crippen LogP contribution >= 0.6 is 0 Å². The van der Waals surface area contributed by atoms with Crippen molar-refractivity contribution in [1.29, 1.82) is 0 Å². The first kappa shape index (κ1) is 26.4. The number of carbonyl (C=O) groups is 1. The lowest BCUT2D eigenvalue weighted by Crippen LogP contribution is -2.54. The number of fused-ring (bicyclic) bond motifs is 2. The number of rotatable bonds is 6. The molecule has 1 amide bonds. The van der Waals surface area contributed by atoms with Crippen LogP contribution in [-0.2, 0) is 34.3 Å². The van der Waals surface area contributed by atoms with Gasteiger partial charge in [0.05, 0.1) is 30.7 Å². The Balaban J connectivity index is 1.25. The molecule has 0 radical (unpaired) electrons. The van der Waals surface area contributed by atoms with Crippen molar-refractivity contribution in [3.05, 3.63) is 41.6 Å². The van der Waals surface area contributed by atoms with Gasteiger partial charge in [0.25, 0.3) is 0 Å². The first-order valence-corrected chi connectivity index (χ1v) is 14.7. The number of carbonyl (C=O) groups excluding carboxylic acids is 1. The molecule has 3 fully saturated rings. The molecule has 7 rings (SSSR count). The molecule has 12 heteroatoms. The predicted molar refractivity (Wildman–Crippen MR) is 153 cm³/mol. The van der Waals surface area contributed by atoms with Crippen molar-refractivity contribution in [2.45, 2.75) is 44.9 Å². The number of imidazole rings is 2. The van der Waals surface area contributed by atoms with E-state index >= 15 is 0 Å². The molecule has 1 N–H and O–H groups in total. The molecule has 0 bridgehead atoms. The highest BCUT2D eigenvalue weighted by molar-refractivity contribution is 5.81. The fourth-order valence-corrected chi connectivity index (χ4v) is 6.29. The van der Waals surface area contributed by atoms with Crippen molar-refractivity contribution in [3.63, 3.8) is 0 Å². The van der Waals surface area contributed by atoms with Gasteiger partial charge in [-0.05, 0) is 25.0 Å². The third-order valence-electron chi connectivity index (χ3n) is 8.59. The average Bonchev–Trinajstić information content (AvgIpc) is 3.55. The summed E-state index contributed by atoms with van der Waals surface area (Å²) in [4.78, 5) is 37.5. The molecule has 3 aliphatic heterocycles. The lowest BCUT2D eigenvalue weighted by Gasteiger charge is -2.40. The second-order valence-electron chi connectivity index (χ2n) is 11.1. The summed E-state index contributed by atoms with van der Waals surface area (Å²) in [6.07, 6.45) is 2.48. The molecule has 1 aromatic carbocycles. The Morgan fingerprint density at radius 1 is 1.02 bits per heavy atom. The van der Waals surface area contributed by atoms with Gasteiger partial charge in [-0.1, -0.05) is 19.1 Å². The Bertz CT molecular complexity index is 1570. The van der Waals surface area contributed by atoms with E-state index in [-0.39, 0.29) is 12.0 Å². The van der Waals surface area contributed by atoms with E-state index in [1.54, 1.807) is 0 Å². The number of aromatic nitrogens is 6. The van der Waals surface area contributed by atoms with Gasteiger partial charge in [0.2, 0.25) is 11.9 Å². The number of hydrogen-bond acceptors (Lipinski definition) is 9. The Kier molecular flexibility index (Phi) is 7.15. The second kappa shape index (κ2) is 11.1. The maximum absolute atomic E-state index is 13.2. The lowest BCUT2D eigenvalue weighted by molar-refractivity contribution is -0.138. The molecule has 4 aromatic rings. The van der Waals surface area contributed by atoms with Crippen molar-refractivity contribution in [3.8, 4) is 5.95 Å². The normalized spacial score (nSPS) is 21.4. The molecular formula is C29H37N9O3. The van der Waals surface area contributed by atoms with E-state index in [2.05, 4.69) is 17.1 Å². The number of morpholine rings is 1. The van der Waals surface area contributed by atoms with Crippen LogP contribution in [0.4, 0.5) is 0 Å². The number of nitrogens with zero attached hydrogens (tertiary/aromatic N) is 8. The molecular weight excluding hydrogens is 522 g/mol. The minimum Gasteiger partial charge on any atom is -0.381 e. The molecule has 216 valence electrons. The van der Waals surface area contributed by atoms with Crippen LogP contribution in [-0.4, -0.2) is 103 Å². The van der Waals surface area contributed by atoms with Crippen molar-refractivity contribution >= 4 is 28.1 Å². The van der Waals surface area contributed by atoms with Gasteiger partial charge in [-0.3, -0.25) is 14.3 Å². The monoisotopic (exact) mass is 559 g/mol. The third-order valence-corrected chi connectivity index (χ3v) is 8.59. The van der Waals surface area contributed by atoms with E-state index in [4.69, 9.17) is 29.4 Å². The van der Waals surface area contributed by atoms with Gasteiger partial charge in [-0.15, -0.1) is 0 Å². The van der Waals surface area contributed by atoms with E-state index in [1.165, 1.54) is 0 Å². The lowest BCUT2D eigenvalue weighted by atomic mass is 10.1. The van der Waals surface area contributed by atoms with Crippen LogP contribution < -0.4 is 5.32 Å². The molecule has 6 heterocycles. The van der Waals surface area contributed by atoms with Gasteiger partial charge in [0.1, 0.15) is 29.0 Å². The number of para-hydroxylation sites is 2. The number of ether oxygens (including phenoxy) is 2. The highest BCUT2D eigenvalue weighted by Gasteiger charge is 2.32.